The molecule has 1 aromatic heterocycles. The first kappa shape index (κ1) is 27.0. The van der Waals surface area contributed by atoms with Gasteiger partial charge in [-0.15, -0.1) is 11.3 Å². The predicted molar refractivity (Wildman–Crippen MR) is 138 cm³/mol. The van der Waals surface area contributed by atoms with E-state index in [1.807, 2.05) is 0 Å². The molecule has 2 nitrogen and oxygen atoms in total. The fourth-order valence-corrected chi connectivity index (χ4v) is 4.69. The van der Waals surface area contributed by atoms with Crippen molar-refractivity contribution in [2.75, 3.05) is 0 Å². The first-order valence-electron chi connectivity index (χ1n) is 11.4. The van der Waals surface area contributed by atoms with Gasteiger partial charge in [0.2, 0.25) is 5.01 Å². The number of rotatable bonds is 5. The van der Waals surface area contributed by atoms with Crippen molar-refractivity contribution >= 4 is 27.6 Å². The summed E-state index contributed by atoms with van der Waals surface area (Å²) in [5.41, 5.74) is 0.816. The van der Waals surface area contributed by atoms with E-state index < -0.39 is 51.5 Å². The fourth-order valence-electron chi connectivity index (χ4n) is 3.76. The standard InChI is InChI=1S/C30H14F7NOS/c1-2-16-7-10-25-26(13-16)40-29(38-25)30(36,37)39-20-14-21(31)27(22(32)15-20)19-8-5-17(6-9-19)3-4-18-11-23(33)28(35)24(34)12-18/h2,5-15H,1H2. The van der Waals surface area contributed by atoms with Gasteiger partial charge in [0.1, 0.15) is 17.4 Å². The second-order valence-electron chi connectivity index (χ2n) is 8.41. The van der Waals surface area contributed by atoms with Crippen molar-refractivity contribution in [3.8, 4) is 28.7 Å². The SMILES string of the molecule is C=Cc1ccc2nc(C(F)(F)Oc3cc(F)c(-c4ccc(C#Cc5cc(F)c(F)c(F)c5)cc4)c(F)c3)sc2c1. The zero-order valence-electron chi connectivity index (χ0n) is 20.0. The van der Waals surface area contributed by atoms with Crippen LogP contribution in [0, 0.1) is 40.9 Å². The predicted octanol–water partition coefficient (Wildman–Crippen LogP) is 8.83. The van der Waals surface area contributed by atoms with E-state index in [1.54, 1.807) is 24.3 Å². The number of aromatic nitrogens is 1. The molecule has 10 heteroatoms. The largest absolute Gasteiger partial charge is 0.454 e. The van der Waals surface area contributed by atoms with Gasteiger partial charge in [-0.3, -0.25) is 0 Å². The molecule has 0 radical (unpaired) electrons. The fraction of sp³-hybridized carbons (Fsp3) is 0.0333. The highest BCUT2D eigenvalue weighted by molar-refractivity contribution is 7.18. The van der Waals surface area contributed by atoms with Crippen LogP contribution in [0.2, 0.25) is 0 Å². The Bertz CT molecular complexity index is 1790. The monoisotopic (exact) mass is 569 g/mol. The summed E-state index contributed by atoms with van der Waals surface area (Å²) in [4.78, 5) is 3.88. The van der Waals surface area contributed by atoms with Gasteiger partial charge in [0.25, 0.3) is 0 Å². The number of nitrogens with zero attached hydrogens (tertiary/aromatic N) is 1. The van der Waals surface area contributed by atoms with E-state index in [9.17, 15) is 30.7 Å². The molecule has 200 valence electrons. The highest BCUT2D eigenvalue weighted by Gasteiger charge is 2.39. The Morgan fingerprint density at radius 1 is 0.775 bits per heavy atom. The van der Waals surface area contributed by atoms with Crippen molar-refractivity contribution in [1.29, 1.82) is 0 Å². The average Bonchev–Trinajstić information content (AvgIpc) is 3.35. The van der Waals surface area contributed by atoms with Gasteiger partial charge in [-0.2, -0.15) is 8.78 Å². The molecule has 40 heavy (non-hydrogen) atoms. The van der Waals surface area contributed by atoms with Crippen molar-refractivity contribution in [3.63, 3.8) is 0 Å². The van der Waals surface area contributed by atoms with Crippen molar-refractivity contribution in [1.82, 2.24) is 4.98 Å². The summed E-state index contributed by atoms with van der Waals surface area (Å²) in [5, 5.41) is -0.684. The molecule has 0 amide bonds. The maximum atomic E-state index is 14.9. The Morgan fingerprint density at radius 3 is 2.02 bits per heavy atom. The number of hydrogen-bond acceptors (Lipinski definition) is 3. The summed E-state index contributed by atoms with van der Waals surface area (Å²) in [6.07, 6.45) is -2.41. The summed E-state index contributed by atoms with van der Waals surface area (Å²) in [7, 11) is 0. The zero-order chi connectivity index (χ0) is 28.6. The number of thiazole rings is 1. The molecule has 0 N–H and O–H groups in total. The summed E-state index contributed by atoms with van der Waals surface area (Å²) in [6, 6.07) is 13.0. The third-order valence-corrected chi connectivity index (χ3v) is 6.74. The van der Waals surface area contributed by atoms with Gasteiger partial charge in [0.05, 0.1) is 15.8 Å². The first-order chi connectivity index (χ1) is 19.0. The molecule has 5 rings (SSSR count). The third kappa shape index (κ3) is 5.42. The van der Waals surface area contributed by atoms with E-state index in [0.717, 1.165) is 12.1 Å². The Morgan fingerprint density at radius 2 is 1.40 bits per heavy atom. The van der Waals surface area contributed by atoms with Crippen LogP contribution in [-0.2, 0) is 6.11 Å². The molecule has 0 spiro atoms. The summed E-state index contributed by atoms with van der Waals surface area (Å²) >= 11 is 0.681. The lowest BCUT2D eigenvalue weighted by molar-refractivity contribution is -0.185. The number of alkyl halides is 2. The molecule has 0 fully saturated rings. The Labute approximate surface area is 227 Å². The molecule has 0 saturated carbocycles. The lowest BCUT2D eigenvalue weighted by Gasteiger charge is -2.16. The van der Waals surface area contributed by atoms with E-state index in [-0.39, 0.29) is 11.1 Å². The zero-order valence-corrected chi connectivity index (χ0v) is 20.9. The van der Waals surface area contributed by atoms with E-state index in [4.69, 9.17) is 0 Å². The van der Waals surface area contributed by atoms with Gasteiger partial charge in [0, 0.05) is 23.3 Å². The lowest BCUT2D eigenvalue weighted by Crippen LogP contribution is -2.21. The summed E-state index contributed by atoms with van der Waals surface area (Å²) in [6.45, 7) is 3.63. The number of ether oxygens (including phenoxy) is 1. The molecule has 0 bridgehead atoms. The highest BCUT2D eigenvalue weighted by atomic mass is 32.1. The first-order valence-corrected chi connectivity index (χ1v) is 12.2. The minimum Gasteiger partial charge on any atom is -0.427 e. The molecule has 0 atom stereocenters. The molecule has 5 aromatic rings. The van der Waals surface area contributed by atoms with Gasteiger partial charge in [0.15, 0.2) is 17.5 Å². The van der Waals surface area contributed by atoms with Crippen molar-refractivity contribution in [2.24, 2.45) is 0 Å². The van der Waals surface area contributed by atoms with Crippen LogP contribution in [0.25, 0.3) is 27.4 Å². The number of hydrogen-bond donors (Lipinski definition) is 0. The van der Waals surface area contributed by atoms with Crippen molar-refractivity contribution < 1.29 is 35.5 Å². The van der Waals surface area contributed by atoms with Gasteiger partial charge in [-0.1, -0.05) is 42.7 Å². The van der Waals surface area contributed by atoms with Crippen LogP contribution in [0.3, 0.4) is 0 Å². The Balaban J connectivity index is 1.37. The molecule has 0 unspecified atom stereocenters. The normalized spacial score (nSPS) is 11.3. The van der Waals surface area contributed by atoms with Crippen molar-refractivity contribution in [3.05, 3.63) is 124 Å². The third-order valence-electron chi connectivity index (χ3n) is 5.67. The summed E-state index contributed by atoms with van der Waals surface area (Å²) < 4.78 is 104. The lowest BCUT2D eigenvalue weighted by atomic mass is 10.0. The van der Waals surface area contributed by atoms with E-state index in [1.165, 1.54) is 24.3 Å². The molecular weight excluding hydrogens is 555 g/mol. The van der Waals surface area contributed by atoms with E-state index in [0.29, 0.717) is 44.8 Å². The molecular formula is C30H14F7NOS. The number of fused-ring (bicyclic) bond motifs is 1. The summed E-state index contributed by atoms with van der Waals surface area (Å²) in [5.74, 6) is -2.37. The maximum Gasteiger partial charge on any atom is 0.454 e. The van der Waals surface area contributed by atoms with Crippen LogP contribution < -0.4 is 4.74 Å². The van der Waals surface area contributed by atoms with Gasteiger partial charge >= 0.3 is 6.11 Å². The smallest absolute Gasteiger partial charge is 0.427 e. The van der Waals surface area contributed by atoms with E-state index in [2.05, 4.69) is 28.1 Å². The van der Waals surface area contributed by atoms with Crippen LogP contribution in [-0.4, -0.2) is 4.98 Å². The minimum absolute atomic E-state index is 0.0712. The second-order valence-corrected chi connectivity index (χ2v) is 9.44. The number of benzene rings is 4. The highest BCUT2D eigenvalue weighted by Crippen LogP contribution is 2.38. The quantitative estimate of drug-likeness (QED) is 0.120. The Hall–Kier alpha value is -4.62. The van der Waals surface area contributed by atoms with Crippen molar-refractivity contribution in [2.45, 2.75) is 6.11 Å². The van der Waals surface area contributed by atoms with Crippen LogP contribution in [0.4, 0.5) is 30.7 Å². The number of halogens is 7. The molecule has 0 aliphatic carbocycles. The second kappa shape index (κ2) is 10.5. The average molecular weight is 570 g/mol. The van der Waals surface area contributed by atoms with Gasteiger partial charge < -0.3 is 4.74 Å². The minimum atomic E-state index is -3.96. The molecule has 0 aliphatic heterocycles. The van der Waals surface area contributed by atoms with Crippen LogP contribution in [0.5, 0.6) is 5.75 Å². The van der Waals surface area contributed by atoms with E-state index >= 15 is 0 Å². The molecule has 4 aromatic carbocycles. The topological polar surface area (TPSA) is 22.1 Å². The van der Waals surface area contributed by atoms with Crippen LogP contribution in [0.15, 0.2) is 73.3 Å². The van der Waals surface area contributed by atoms with Crippen LogP contribution in [0.1, 0.15) is 21.7 Å². The molecule has 0 aliphatic rings. The maximum absolute atomic E-state index is 14.9. The molecule has 0 saturated heterocycles. The van der Waals surface area contributed by atoms with Crippen LogP contribution >= 0.6 is 11.3 Å². The molecule has 1 heterocycles. The van der Waals surface area contributed by atoms with Gasteiger partial charge in [-0.05, 0) is 47.5 Å². The van der Waals surface area contributed by atoms with Gasteiger partial charge in [-0.25, -0.2) is 26.9 Å². The Kier molecular flexibility index (Phi) is 7.08.